The number of carboxylic acid groups (broad SMARTS) is 1. The highest BCUT2D eigenvalue weighted by atomic mass is 16.5. The zero-order valence-corrected chi connectivity index (χ0v) is 16.2. The fourth-order valence-corrected chi connectivity index (χ4v) is 4.05. The first-order valence-corrected chi connectivity index (χ1v) is 9.80. The average Bonchev–Trinajstić information content (AvgIpc) is 3.27. The number of nitrogens with zero attached hydrogens (tertiary/aromatic N) is 4. The monoisotopic (exact) mass is 404 g/mol. The molecule has 30 heavy (non-hydrogen) atoms. The minimum Gasteiger partial charge on any atom is -0.489 e. The maximum absolute atomic E-state index is 12.1. The van der Waals surface area contributed by atoms with Gasteiger partial charge in [0.25, 0.3) is 0 Å². The highest BCUT2D eigenvalue weighted by Crippen LogP contribution is 2.35. The molecule has 5 rings (SSSR count). The molecule has 3 heterocycles. The van der Waals surface area contributed by atoms with Crippen molar-refractivity contribution in [3.63, 3.8) is 0 Å². The van der Waals surface area contributed by atoms with Crippen LogP contribution in [-0.4, -0.2) is 44.3 Å². The predicted molar refractivity (Wildman–Crippen MR) is 108 cm³/mol. The quantitative estimate of drug-likeness (QED) is 0.546. The molecule has 0 radical (unpaired) electrons. The van der Waals surface area contributed by atoms with Crippen LogP contribution >= 0.6 is 0 Å². The lowest BCUT2D eigenvalue weighted by atomic mass is 9.74. The molecule has 0 bridgehead atoms. The van der Waals surface area contributed by atoms with E-state index in [1.807, 2.05) is 54.6 Å². The van der Waals surface area contributed by atoms with Crippen molar-refractivity contribution in [1.29, 1.82) is 0 Å². The summed E-state index contributed by atoms with van der Waals surface area (Å²) in [4.78, 5) is 12.1. The Balaban J connectivity index is 1.38. The maximum atomic E-state index is 12.1. The number of rotatable bonds is 5. The number of hydrogen-bond acceptors (Lipinski definition) is 6. The van der Waals surface area contributed by atoms with Gasteiger partial charge in [0.15, 0.2) is 5.65 Å². The highest BCUT2D eigenvalue weighted by Gasteiger charge is 2.41. The van der Waals surface area contributed by atoms with E-state index in [0.717, 1.165) is 27.8 Å². The first-order valence-electron chi connectivity index (χ1n) is 9.80. The number of carbonyl (C=O) groups is 1. The van der Waals surface area contributed by atoms with Crippen molar-refractivity contribution >= 4 is 22.5 Å². The molecule has 1 fully saturated rings. The van der Waals surface area contributed by atoms with Crippen LogP contribution in [0.4, 0.5) is 0 Å². The van der Waals surface area contributed by atoms with Crippen molar-refractivity contribution in [2.45, 2.75) is 24.9 Å². The van der Waals surface area contributed by atoms with E-state index >= 15 is 0 Å². The fourth-order valence-electron chi connectivity index (χ4n) is 4.05. The van der Waals surface area contributed by atoms with Gasteiger partial charge in [-0.1, -0.05) is 24.3 Å². The third kappa shape index (κ3) is 3.15. The zero-order chi connectivity index (χ0) is 20.6. The lowest BCUT2D eigenvalue weighted by molar-refractivity contribution is -0.147. The number of carboxylic acids is 1. The van der Waals surface area contributed by atoms with Crippen LogP contribution in [0.5, 0.6) is 5.75 Å². The summed E-state index contributed by atoms with van der Waals surface area (Å²) in [5, 5.41) is 22.5. The molecule has 1 saturated heterocycles. The smallest absolute Gasteiger partial charge is 0.314 e. The fraction of sp³-hybridized carbons (Fsp3) is 0.273. The molecule has 8 heteroatoms. The molecule has 8 nitrogen and oxygen atoms in total. The van der Waals surface area contributed by atoms with E-state index in [0.29, 0.717) is 38.3 Å². The summed E-state index contributed by atoms with van der Waals surface area (Å²) in [7, 11) is 0. The Morgan fingerprint density at radius 1 is 1.13 bits per heavy atom. The van der Waals surface area contributed by atoms with E-state index in [9.17, 15) is 9.90 Å². The number of aliphatic carboxylic acids is 1. The second-order valence-corrected chi connectivity index (χ2v) is 7.49. The van der Waals surface area contributed by atoms with E-state index in [4.69, 9.17) is 9.47 Å². The molecule has 1 aliphatic heterocycles. The van der Waals surface area contributed by atoms with Gasteiger partial charge in [0.05, 0.1) is 10.9 Å². The minimum absolute atomic E-state index is 0.346. The van der Waals surface area contributed by atoms with Crippen molar-refractivity contribution in [1.82, 2.24) is 20.0 Å². The SMILES string of the molecule is O=C(O)C1(c2cccc(COc3ccc4c(ccc5nnnn54)c3)c2)CCOCC1. The first kappa shape index (κ1) is 18.5. The van der Waals surface area contributed by atoms with Crippen LogP contribution in [0, 0.1) is 0 Å². The van der Waals surface area contributed by atoms with E-state index in [2.05, 4.69) is 15.5 Å². The summed E-state index contributed by atoms with van der Waals surface area (Å²) >= 11 is 0. The molecular formula is C22H20N4O4. The molecule has 0 saturated carbocycles. The Hall–Kier alpha value is -3.52. The van der Waals surface area contributed by atoms with Crippen molar-refractivity contribution in [2.75, 3.05) is 13.2 Å². The van der Waals surface area contributed by atoms with Gasteiger partial charge in [-0.15, -0.1) is 5.10 Å². The molecule has 2 aromatic carbocycles. The second kappa shape index (κ2) is 7.38. The molecule has 1 N–H and O–H groups in total. The number of pyridine rings is 1. The molecular weight excluding hydrogens is 384 g/mol. The molecule has 152 valence electrons. The Bertz CT molecular complexity index is 1230. The Labute approximate surface area is 172 Å². The van der Waals surface area contributed by atoms with Crippen LogP contribution in [0.1, 0.15) is 24.0 Å². The number of aromatic nitrogens is 4. The molecule has 1 aliphatic rings. The van der Waals surface area contributed by atoms with Crippen molar-refractivity contribution in [3.8, 4) is 5.75 Å². The number of hydrogen-bond donors (Lipinski definition) is 1. The summed E-state index contributed by atoms with van der Waals surface area (Å²) < 4.78 is 13.1. The lowest BCUT2D eigenvalue weighted by Crippen LogP contribution is -2.41. The summed E-state index contributed by atoms with van der Waals surface area (Å²) in [6.45, 7) is 1.26. The van der Waals surface area contributed by atoms with Gasteiger partial charge in [0.2, 0.25) is 0 Å². The van der Waals surface area contributed by atoms with Gasteiger partial charge in [-0.3, -0.25) is 4.79 Å². The van der Waals surface area contributed by atoms with Gasteiger partial charge in [-0.25, -0.2) is 0 Å². The molecule has 0 atom stereocenters. The third-order valence-electron chi connectivity index (χ3n) is 5.77. The predicted octanol–water partition coefficient (Wildman–Crippen LogP) is 2.99. The van der Waals surface area contributed by atoms with E-state index in [1.165, 1.54) is 0 Å². The van der Waals surface area contributed by atoms with Crippen LogP contribution in [0.2, 0.25) is 0 Å². The van der Waals surface area contributed by atoms with Gasteiger partial charge in [-0.05, 0) is 64.7 Å². The van der Waals surface area contributed by atoms with Gasteiger partial charge >= 0.3 is 5.97 Å². The first-order chi connectivity index (χ1) is 14.7. The minimum atomic E-state index is -0.894. The van der Waals surface area contributed by atoms with Crippen molar-refractivity contribution < 1.29 is 19.4 Å². The summed E-state index contributed by atoms with van der Waals surface area (Å²) in [5.41, 5.74) is 2.42. The van der Waals surface area contributed by atoms with E-state index < -0.39 is 11.4 Å². The molecule has 0 amide bonds. The van der Waals surface area contributed by atoms with Gasteiger partial charge in [0, 0.05) is 18.6 Å². The Kier molecular flexibility index (Phi) is 4.55. The van der Waals surface area contributed by atoms with Crippen LogP contribution in [0.3, 0.4) is 0 Å². The Morgan fingerprint density at radius 3 is 2.83 bits per heavy atom. The normalized spacial score (nSPS) is 16.0. The standard InChI is InChI=1S/C22H20N4O4/c27-21(28)22(8-10-29-11-9-22)17-3-1-2-15(12-17)14-30-18-5-6-19-16(13-18)4-7-20-23-24-25-26(19)20/h1-7,12-13H,8-11,14H2,(H,27,28). The van der Waals surface area contributed by atoms with Crippen LogP contribution < -0.4 is 4.74 Å². The Morgan fingerprint density at radius 2 is 2.00 bits per heavy atom. The number of benzene rings is 2. The summed E-state index contributed by atoms with van der Waals surface area (Å²) in [6, 6.07) is 17.2. The van der Waals surface area contributed by atoms with Crippen LogP contribution in [-0.2, 0) is 21.6 Å². The third-order valence-corrected chi connectivity index (χ3v) is 5.77. The molecule has 0 spiro atoms. The van der Waals surface area contributed by atoms with Crippen molar-refractivity contribution in [3.05, 3.63) is 65.7 Å². The zero-order valence-electron chi connectivity index (χ0n) is 16.2. The van der Waals surface area contributed by atoms with Gasteiger partial charge in [0.1, 0.15) is 12.4 Å². The number of tetrazole rings is 1. The topological polar surface area (TPSA) is 98.8 Å². The van der Waals surface area contributed by atoms with E-state index in [1.54, 1.807) is 4.52 Å². The average molecular weight is 404 g/mol. The lowest BCUT2D eigenvalue weighted by Gasteiger charge is -2.33. The second-order valence-electron chi connectivity index (χ2n) is 7.49. The molecule has 4 aromatic rings. The molecule has 0 unspecified atom stereocenters. The highest BCUT2D eigenvalue weighted by molar-refractivity contribution is 5.83. The van der Waals surface area contributed by atoms with Gasteiger partial charge < -0.3 is 14.6 Å². The number of ether oxygens (including phenoxy) is 2. The van der Waals surface area contributed by atoms with Crippen LogP contribution in [0.15, 0.2) is 54.6 Å². The van der Waals surface area contributed by atoms with Crippen molar-refractivity contribution in [2.24, 2.45) is 0 Å². The maximum Gasteiger partial charge on any atom is 0.314 e. The number of fused-ring (bicyclic) bond motifs is 3. The van der Waals surface area contributed by atoms with E-state index in [-0.39, 0.29) is 0 Å². The summed E-state index contributed by atoms with van der Waals surface area (Å²) in [6.07, 6.45) is 0.950. The van der Waals surface area contributed by atoms with Crippen LogP contribution in [0.25, 0.3) is 16.6 Å². The summed E-state index contributed by atoms with van der Waals surface area (Å²) in [5.74, 6) is -0.0772. The van der Waals surface area contributed by atoms with Gasteiger partial charge in [-0.2, -0.15) is 4.52 Å². The largest absolute Gasteiger partial charge is 0.489 e. The molecule has 2 aromatic heterocycles. The molecule has 0 aliphatic carbocycles.